The van der Waals surface area contributed by atoms with Crippen LogP contribution in [0.3, 0.4) is 0 Å². The van der Waals surface area contributed by atoms with Crippen molar-refractivity contribution in [3.05, 3.63) is 34.9 Å². The number of hydrogen-bond donors (Lipinski definition) is 0. The third-order valence-electron chi connectivity index (χ3n) is 5.27. The minimum atomic E-state index is -0.0429. The van der Waals surface area contributed by atoms with E-state index in [-0.39, 0.29) is 11.8 Å². The van der Waals surface area contributed by atoms with Gasteiger partial charge < -0.3 is 9.80 Å². The minimum absolute atomic E-state index is 0.0429. The van der Waals surface area contributed by atoms with Crippen LogP contribution in [-0.2, 0) is 4.79 Å². The summed E-state index contributed by atoms with van der Waals surface area (Å²) in [5.41, 5.74) is 0.542. The summed E-state index contributed by atoms with van der Waals surface area (Å²) in [6, 6.07) is 7.13. The van der Waals surface area contributed by atoms with E-state index in [1.54, 1.807) is 17.0 Å². The van der Waals surface area contributed by atoms with E-state index >= 15 is 0 Å². The van der Waals surface area contributed by atoms with Crippen molar-refractivity contribution in [1.29, 1.82) is 0 Å². The minimum Gasteiger partial charge on any atom is -0.339 e. The van der Waals surface area contributed by atoms with Crippen molar-refractivity contribution in [3.63, 3.8) is 0 Å². The van der Waals surface area contributed by atoms with E-state index in [1.807, 2.05) is 17.0 Å². The van der Waals surface area contributed by atoms with Gasteiger partial charge in [0.1, 0.15) is 0 Å². The second-order valence-electron chi connectivity index (χ2n) is 6.84. The Morgan fingerprint density at radius 1 is 1.00 bits per heavy atom. The predicted octanol–water partition coefficient (Wildman–Crippen LogP) is 3.59. The molecule has 3 rings (SSSR count). The molecule has 0 aromatic heterocycles. The van der Waals surface area contributed by atoms with Crippen LogP contribution in [0.15, 0.2) is 24.3 Å². The third kappa shape index (κ3) is 4.10. The number of nitrogens with zero attached hydrogens (tertiary/aromatic N) is 2. The van der Waals surface area contributed by atoms with Crippen molar-refractivity contribution in [1.82, 2.24) is 9.80 Å². The summed E-state index contributed by atoms with van der Waals surface area (Å²) in [5.74, 6) is 0.947. The molecule has 1 saturated carbocycles. The van der Waals surface area contributed by atoms with Crippen molar-refractivity contribution in [2.45, 2.75) is 38.5 Å². The average molecular weight is 349 g/mol. The van der Waals surface area contributed by atoms with E-state index in [1.165, 1.54) is 25.7 Å². The molecule has 1 aromatic rings. The van der Waals surface area contributed by atoms with Crippen LogP contribution in [0.5, 0.6) is 0 Å². The van der Waals surface area contributed by atoms with Gasteiger partial charge in [-0.3, -0.25) is 9.59 Å². The van der Waals surface area contributed by atoms with E-state index in [2.05, 4.69) is 0 Å². The number of hydrogen-bond acceptors (Lipinski definition) is 2. The molecule has 0 atom stereocenters. The molecular formula is C19H25ClN2O2. The van der Waals surface area contributed by atoms with Crippen LogP contribution >= 0.6 is 11.6 Å². The summed E-state index contributed by atoms with van der Waals surface area (Å²) < 4.78 is 0. The zero-order chi connectivity index (χ0) is 16.9. The Morgan fingerprint density at radius 3 is 2.29 bits per heavy atom. The summed E-state index contributed by atoms with van der Waals surface area (Å²) in [6.45, 7) is 2.41. The van der Waals surface area contributed by atoms with Gasteiger partial charge in [-0.05, 0) is 24.5 Å². The summed E-state index contributed by atoms with van der Waals surface area (Å²) in [7, 11) is 0. The first-order chi connectivity index (χ1) is 11.6. The van der Waals surface area contributed by atoms with Crippen LogP contribution in [0, 0.1) is 5.92 Å². The highest BCUT2D eigenvalue weighted by atomic mass is 35.5. The summed E-state index contributed by atoms with van der Waals surface area (Å²) in [4.78, 5) is 28.6. The quantitative estimate of drug-likeness (QED) is 0.834. The Labute approximate surface area is 148 Å². The molecule has 4 nitrogen and oxygen atoms in total. The maximum Gasteiger partial charge on any atom is 0.255 e. The molecule has 1 aromatic carbocycles. The molecule has 0 N–H and O–H groups in total. The molecule has 1 aliphatic carbocycles. The van der Waals surface area contributed by atoms with Gasteiger partial charge in [0.25, 0.3) is 5.91 Å². The summed E-state index contributed by atoms with van der Waals surface area (Å²) in [5, 5.41) is 0.484. The second-order valence-corrected chi connectivity index (χ2v) is 7.25. The van der Waals surface area contributed by atoms with E-state index in [0.717, 1.165) is 12.3 Å². The average Bonchev–Trinajstić information content (AvgIpc) is 3.13. The second kappa shape index (κ2) is 8.02. The predicted molar refractivity (Wildman–Crippen MR) is 95.1 cm³/mol. The van der Waals surface area contributed by atoms with Gasteiger partial charge in [-0.15, -0.1) is 0 Å². The van der Waals surface area contributed by atoms with Gasteiger partial charge in [-0.25, -0.2) is 0 Å². The highest BCUT2D eigenvalue weighted by Gasteiger charge is 2.26. The monoisotopic (exact) mass is 348 g/mol. The Balaban J connectivity index is 1.47. The Morgan fingerprint density at radius 2 is 1.62 bits per heavy atom. The molecule has 2 amide bonds. The summed E-state index contributed by atoms with van der Waals surface area (Å²) >= 11 is 6.11. The largest absolute Gasteiger partial charge is 0.339 e. The van der Waals surface area contributed by atoms with Gasteiger partial charge in [0.15, 0.2) is 0 Å². The molecule has 0 radical (unpaired) electrons. The lowest BCUT2D eigenvalue weighted by atomic mass is 10.0. The van der Waals surface area contributed by atoms with E-state index < -0.39 is 0 Å². The molecular weight excluding hydrogens is 324 g/mol. The first-order valence-electron chi connectivity index (χ1n) is 8.97. The number of carbonyl (C=O) groups is 2. The number of rotatable bonds is 4. The molecule has 5 heteroatoms. The van der Waals surface area contributed by atoms with Crippen LogP contribution in [0.4, 0.5) is 0 Å². The molecule has 0 unspecified atom stereocenters. The van der Waals surface area contributed by atoms with E-state index in [9.17, 15) is 9.59 Å². The fraction of sp³-hybridized carbons (Fsp3) is 0.579. The first-order valence-corrected chi connectivity index (χ1v) is 9.34. The molecule has 24 heavy (non-hydrogen) atoms. The van der Waals surface area contributed by atoms with Crippen molar-refractivity contribution < 1.29 is 9.59 Å². The molecule has 2 aliphatic rings. The normalized spacial score (nSPS) is 18.9. The third-order valence-corrected chi connectivity index (χ3v) is 5.59. The molecule has 0 bridgehead atoms. The SMILES string of the molecule is O=C(CCC1CCCC1)N1CCN(C(=O)c2ccccc2Cl)CC1. The van der Waals surface area contributed by atoms with Gasteiger partial charge in [-0.1, -0.05) is 49.4 Å². The van der Waals surface area contributed by atoms with E-state index in [4.69, 9.17) is 11.6 Å². The highest BCUT2D eigenvalue weighted by molar-refractivity contribution is 6.33. The van der Waals surface area contributed by atoms with Crippen LogP contribution in [-0.4, -0.2) is 47.8 Å². The van der Waals surface area contributed by atoms with Gasteiger partial charge >= 0.3 is 0 Å². The maximum atomic E-state index is 12.5. The van der Waals surface area contributed by atoms with Crippen molar-refractivity contribution in [2.75, 3.05) is 26.2 Å². The van der Waals surface area contributed by atoms with Crippen molar-refractivity contribution >= 4 is 23.4 Å². The first kappa shape index (κ1) is 17.3. The number of halogens is 1. The zero-order valence-corrected chi connectivity index (χ0v) is 14.8. The van der Waals surface area contributed by atoms with Gasteiger partial charge in [0.2, 0.25) is 5.91 Å². The van der Waals surface area contributed by atoms with Gasteiger partial charge in [0, 0.05) is 32.6 Å². The van der Waals surface area contributed by atoms with Crippen LogP contribution in [0.2, 0.25) is 5.02 Å². The zero-order valence-electron chi connectivity index (χ0n) is 14.0. The smallest absolute Gasteiger partial charge is 0.255 e. The summed E-state index contributed by atoms with van der Waals surface area (Å²) in [6.07, 6.45) is 6.89. The van der Waals surface area contributed by atoms with E-state index in [0.29, 0.717) is 43.2 Å². The van der Waals surface area contributed by atoms with Crippen molar-refractivity contribution in [3.8, 4) is 0 Å². The van der Waals surface area contributed by atoms with Crippen LogP contribution in [0.25, 0.3) is 0 Å². The maximum absolute atomic E-state index is 12.5. The van der Waals surface area contributed by atoms with Gasteiger partial charge in [0.05, 0.1) is 10.6 Å². The number of amides is 2. The van der Waals surface area contributed by atoms with Crippen LogP contribution in [0.1, 0.15) is 48.9 Å². The Kier molecular flexibility index (Phi) is 5.77. The Bertz CT molecular complexity index is 591. The molecule has 1 aliphatic heterocycles. The van der Waals surface area contributed by atoms with Crippen LogP contribution < -0.4 is 0 Å². The lowest BCUT2D eigenvalue weighted by molar-refractivity contribution is -0.133. The Hall–Kier alpha value is -1.55. The van der Waals surface area contributed by atoms with Crippen molar-refractivity contribution in [2.24, 2.45) is 5.92 Å². The number of piperazine rings is 1. The molecule has 1 saturated heterocycles. The van der Waals surface area contributed by atoms with Gasteiger partial charge in [-0.2, -0.15) is 0 Å². The number of carbonyl (C=O) groups excluding carboxylic acids is 2. The lowest BCUT2D eigenvalue weighted by Gasteiger charge is -2.35. The standard InChI is InChI=1S/C19H25ClN2O2/c20-17-8-4-3-7-16(17)19(24)22-13-11-21(12-14-22)18(23)10-9-15-5-1-2-6-15/h3-4,7-8,15H,1-2,5-6,9-14H2. The fourth-order valence-corrected chi connectivity index (χ4v) is 3.97. The molecule has 2 fully saturated rings. The molecule has 1 heterocycles. The molecule has 130 valence electrons. The topological polar surface area (TPSA) is 40.6 Å². The fourth-order valence-electron chi connectivity index (χ4n) is 3.75. The number of benzene rings is 1. The highest BCUT2D eigenvalue weighted by Crippen LogP contribution is 2.28. The lowest BCUT2D eigenvalue weighted by Crippen LogP contribution is -2.50. The molecule has 0 spiro atoms.